The van der Waals surface area contributed by atoms with Crippen molar-refractivity contribution in [3.63, 3.8) is 0 Å². The summed E-state index contributed by atoms with van der Waals surface area (Å²) in [6.07, 6.45) is 1.62. The van der Waals surface area contributed by atoms with Crippen LogP contribution in [0.5, 0.6) is 5.75 Å². The number of hydrogen-bond donors (Lipinski definition) is 1. The summed E-state index contributed by atoms with van der Waals surface area (Å²) in [6.45, 7) is 15.0. The highest BCUT2D eigenvalue weighted by atomic mass is 16.5. The molecule has 3 aromatic rings. The Labute approximate surface area is 179 Å². The highest BCUT2D eigenvalue weighted by Gasteiger charge is 2.19. The maximum absolute atomic E-state index is 5.29. The molecule has 0 aliphatic rings. The minimum atomic E-state index is 0.215. The van der Waals surface area contributed by atoms with Crippen molar-refractivity contribution < 1.29 is 4.74 Å². The van der Waals surface area contributed by atoms with Gasteiger partial charge < -0.3 is 14.6 Å². The predicted molar refractivity (Wildman–Crippen MR) is 123 cm³/mol. The van der Waals surface area contributed by atoms with Crippen molar-refractivity contribution in [2.24, 2.45) is 0 Å². The van der Waals surface area contributed by atoms with Crippen LogP contribution in [-0.2, 0) is 0 Å². The Balaban J connectivity index is 1.94. The van der Waals surface area contributed by atoms with Gasteiger partial charge in [0.2, 0.25) is 0 Å². The molecule has 0 amide bonds. The van der Waals surface area contributed by atoms with Gasteiger partial charge >= 0.3 is 0 Å². The Kier molecular flexibility index (Phi) is 6.92. The average Bonchev–Trinajstić information content (AvgIpc) is 3.11. The van der Waals surface area contributed by atoms with Gasteiger partial charge in [-0.25, -0.2) is 15.0 Å². The maximum atomic E-state index is 5.29. The first-order valence-corrected chi connectivity index (χ1v) is 10.7. The maximum Gasteiger partial charge on any atom is 0.166 e. The van der Waals surface area contributed by atoms with Gasteiger partial charge in [-0.3, -0.25) is 4.90 Å². The molecule has 2 aromatic heterocycles. The van der Waals surface area contributed by atoms with Gasteiger partial charge in [0.1, 0.15) is 17.9 Å². The van der Waals surface area contributed by atoms with E-state index in [1.54, 1.807) is 13.4 Å². The zero-order valence-electron chi connectivity index (χ0n) is 19.2. The third-order valence-electron chi connectivity index (χ3n) is 5.33. The Hall–Kier alpha value is -2.67. The fourth-order valence-corrected chi connectivity index (χ4v) is 3.89. The number of nitrogens with zero attached hydrogens (tertiary/aromatic N) is 5. The van der Waals surface area contributed by atoms with Gasteiger partial charge in [0.05, 0.1) is 7.11 Å². The number of hydrogen-bond acceptors (Lipinski definition) is 6. The number of ether oxygens (including phenoxy) is 1. The van der Waals surface area contributed by atoms with E-state index in [4.69, 9.17) is 9.72 Å². The molecular weight excluding hydrogens is 376 g/mol. The summed E-state index contributed by atoms with van der Waals surface area (Å²) in [5.41, 5.74) is 2.68. The molecule has 162 valence electrons. The summed E-state index contributed by atoms with van der Waals surface area (Å²) in [5.74, 6) is 2.49. The Morgan fingerprint density at radius 2 is 1.67 bits per heavy atom. The second-order valence-electron chi connectivity index (χ2n) is 8.37. The van der Waals surface area contributed by atoms with Crippen LogP contribution in [0.4, 0.5) is 5.82 Å². The fraction of sp³-hybridized carbons (Fsp3) is 0.522. The zero-order chi connectivity index (χ0) is 21.8. The van der Waals surface area contributed by atoms with E-state index in [2.05, 4.69) is 66.3 Å². The summed E-state index contributed by atoms with van der Waals surface area (Å²) < 4.78 is 7.46. The SMILES string of the molecule is COc1ccc(-c2nc3c(NCCN(C(C)C)C(C)C)ncnc3n2C(C)C)cc1. The number of benzene rings is 1. The van der Waals surface area contributed by atoms with Gasteiger partial charge in [0.15, 0.2) is 17.0 Å². The largest absolute Gasteiger partial charge is 0.497 e. The number of imidazole rings is 1. The van der Waals surface area contributed by atoms with E-state index in [0.29, 0.717) is 12.1 Å². The summed E-state index contributed by atoms with van der Waals surface area (Å²) >= 11 is 0. The van der Waals surface area contributed by atoms with Crippen LogP contribution < -0.4 is 10.1 Å². The van der Waals surface area contributed by atoms with Crippen molar-refractivity contribution in [3.8, 4) is 17.1 Å². The first kappa shape index (κ1) is 22.0. The van der Waals surface area contributed by atoms with Crippen molar-refractivity contribution in [2.75, 3.05) is 25.5 Å². The number of fused-ring (bicyclic) bond motifs is 1. The minimum absolute atomic E-state index is 0.215. The van der Waals surface area contributed by atoms with Gasteiger partial charge in [0, 0.05) is 36.8 Å². The molecule has 0 fully saturated rings. The molecule has 0 radical (unpaired) electrons. The number of nitrogens with one attached hydrogen (secondary N) is 1. The van der Waals surface area contributed by atoms with Gasteiger partial charge in [0.25, 0.3) is 0 Å². The lowest BCUT2D eigenvalue weighted by molar-refractivity contribution is 0.182. The smallest absolute Gasteiger partial charge is 0.166 e. The molecule has 2 heterocycles. The van der Waals surface area contributed by atoms with E-state index in [0.717, 1.165) is 47.2 Å². The molecule has 0 aliphatic heterocycles. The zero-order valence-corrected chi connectivity index (χ0v) is 19.2. The first-order chi connectivity index (χ1) is 14.3. The van der Waals surface area contributed by atoms with E-state index in [-0.39, 0.29) is 6.04 Å². The Bertz CT molecular complexity index is 954. The highest BCUT2D eigenvalue weighted by molar-refractivity contribution is 5.86. The van der Waals surface area contributed by atoms with Crippen molar-refractivity contribution in [1.82, 2.24) is 24.4 Å². The van der Waals surface area contributed by atoms with Gasteiger partial charge in [-0.15, -0.1) is 0 Å². The van der Waals surface area contributed by atoms with Crippen LogP contribution in [0.25, 0.3) is 22.6 Å². The van der Waals surface area contributed by atoms with E-state index < -0.39 is 0 Å². The Morgan fingerprint density at radius 1 is 1.00 bits per heavy atom. The molecule has 0 bridgehead atoms. The molecule has 30 heavy (non-hydrogen) atoms. The third-order valence-corrected chi connectivity index (χ3v) is 5.33. The summed E-state index contributed by atoms with van der Waals surface area (Å²) in [5, 5.41) is 3.49. The summed E-state index contributed by atoms with van der Waals surface area (Å²) in [4.78, 5) is 16.5. The number of methoxy groups -OCH3 is 1. The highest BCUT2D eigenvalue weighted by Crippen LogP contribution is 2.30. The van der Waals surface area contributed by atoms with E-state index in [1.165, 1.54) is 0 Å². The second kappa shape index (κ2) is 9.43. The quantitative estimate of drug-likeness (QED) is 0.555. The topological polar surface area (TPSA) is 68.1 Å². The van der Waals surface area contributed by atoms with Crippen molar-refractivity contribution in [1.29, 1.82) is 0 Å². The van der Waals surface area contributed by atoms with E-state index in [1.807, 2.05) is 24.3 Å². The van der Waals surface area contributed by atoms with Crippen molar-refractivity contribution >= 4 is 17.0 Å². The van der Waals surface area contributed by atoms with Crippen LogP contribution in [0.1, 0.15) is 47.6 Å². The molecule has 7 nitrogen and oxygen atoms in total. The van der Waals surface area contributed by atoms with Crippen molar-refractivity contribution in [3.05, 3.63) is 30.6 Å². The molecule has 1 N–H and O–H groups in total. The van der Waals surface area contributed by atoms with Crippen LogP contribution in [-0.4, -0.2) is 56.7 Å². The molecule has 0 spiro atoms. The van der Waals surface area contributed by atoms with E-state index >= 15 is 0 Å². The minimum Gasteiger partial charge on any atom is -0.497 e. The normalized spacial score (nSPS) is 12.0. The molecule has 0 unspecified atom stereocenters. The van der Waals surface area contributed by atoms with E-state index in [9.17, 15) is 0 Å². The molecular formula is C23H34N6O. The molecule has 3 rings (SSSR count). The van der Waals surface area contributed by atoms with Crippen LogP contribution in [0.2, 0.25) is 0 Å². The van der Waals surface area contributed by atoms with Crippen LogP contribution in [0, 0.1) is 0 Å². The summed E-state index contributed by atoms with van der Waals surface area (Å²) in [6, 6.07) is 9.18. The molecule has 0 atom stereocenters. The number of aromatic nitrogens is 4. The lowest BCUT2D eigenvalue weighted by atomic mass is 10.2. The second-order valence-corrected chi connectivity index (χ2v) is 8.37. The Morgan fingerprint density at radius 3 is 2.23 bits per heavy atom. The van der Waals surface area contributed by atoms with Crippen LogP contribution in [0.3, 0.4) is 0 Å². The fourth-order valence-electron chi connectivity index (χ4n) is 3.89. The molecule has 1 aromatic carbocycles. The lowest BCUT2D eigenvalue weighted by Crippen LogP contribution is -2.40. The molecule has 0 aliphatic carbocycles. The molecule has 7 heteroatoms. The van der Waals surface area contributed by atoms with Gasteiger partial charge in [-0.1, -0.05) is 0 Å². The molecule has 0 saturated carbocycles. The van der Waals surface area contributed by atoms with Crippen LogP contribution >= 0.6 is 0 Å². The number of anilines is 1. The third kappa shape index (κ3) is 4.56. The lowest BCUT2D eigenvalue weighted by Gasteiger charge is -2.30. The van der Waals surface area contributed by atoms with Gasteiger partial charge in [-0.05, 0) is 65.8 Å². The first-order valence-electron chi connectivity index (χ1n) is 10.7. The van der Waals surface area contributed by atoms with Crippen molar-refractivity contribution in [2.45, 2.75) is 59.7 Å². The standard InChI is InChI=1S/C23H34N6O/c1-15(2)28(16(3)4)13-12-24-21-20-23(26-14-25-21)29(17(5)6)22(27-20)18-8-10-19(30-7)11-9-18/h8-11,14-17H,12-13H2,1-7H3,(H,24,25,26). The monoisotopic (exact) mass is 410 g/mol. The van der Waals surface area contributed by atoms with Gasteiger partial charge in [-0.2, -0.15) is 0 Å². The summed E-state index contributed by atoms with van der Waals surface area (Å²) in [7, 11) is 1.67. The molecule has 0 saturated heterocycles. The average molecular weight is 411 g/mol. The van der Waals surface area contributed by atoms with Crippen LogP contribution in [0.15, 0.2) is 30.6 Å². The predicted octanol–water partition coefficient (Wildman–Crippen LogP) is 4.61. The number of rotatable bonds is 9.